The van der Waals surface area contributed by atoms with E-state index in [1.165, 1.54) is 12.3 Å². The summed E-state index contributed by atoms with van der Waals surface area (Å²) < 4.78 is 27.3. The maximum Gasteiger partial charge on any atom is 0.343 e. The Balaban J connectivity index is 1.41. The van der Waals surface area contributed by atoms with E-state index in [0.717, 1.165) is 18.9 Å². The molecule has 3 rings (SSSR count). The molecule has 0 saturated heterocycles. The highest BCUT2D eigenvalue weighted by Crippen LogP contribution is 2.23. The summed E-state index contributed by atoms with van der Waals surface area (Å²) >= 11 is 0. The minimum Gasteiger partial charge on any atom is -0.494 e. The largest absolute Gasteiger partial charge is 0.494 e. The Labute approximate surface area is 262 Å². The van der Waals surface area contributed by atoms with Crippen LogP contribution >= 0.6 is 0 Å². The molecule has 0 atom stereocenters. The molecule has 3 aromatic rings. The fraction of sp³-hybridized carbons (Fsp3) is 0.257. The van der Waals surface area contributed by atoms with Crippen LogP contribution in [-0.2, 0) is 19.3 Å². The van der Waals surface area contributed by atoms with Crippen molar-refractivity contribution in [1.82, 2.24) is 0 Å². The minimum atomic E-state index is -0.550. The molecule has 236 valence electrons. The Kier molecular flexibility index (Phi) is 14.5. The molecule has 0 aliphatic carbocycles. The van der Waals surface area contributed by atoms with Crippen LogP contribution in [0.25, 0.3) is 0 Å². The summed E-state index contributed by atoms with van der Waals surface area (Å²) in [5.41, 5.74) is 3.70. The van der Waals surface area contributed by atoms with Crippen molar-refractivity contribution in [2.24, 2.45) is 0 Å². The van der Waals surface area contributed by atoms with Gasteiger partial charge in [-0.15, -0.1) is 0 Å². The molecular formula is C35H36O10. The fourth-order valence-electron chi connectivity index (χ4n) is 3.74. The molecule has 0 amide bonds. The molecule has 0 heterocycles. The summed E-state index contributed by atoms with van der Waals surface area (Å²) in [6.07, 6.45) is 5.23. The molecule has 0 aliphatic heterocycles. The van der Waals surface area contributed by atoms with Gasteiger partial charge in [0.15, 0.2) is 6.26 Å². The number of esters is 3. The average molecular weight is 617 g/mol. The molecule has 3 aromatic carbocycles. The van der Waals surface area contributed by atoms with Gasteiger partial charge < -0.3 is 28.6 Å². The lowest BCUT2D eigenvalue weighted by atomic mass is 10.1. The van der Waals surface area contributed by atoms with E-state index >= 15 is 0 Å². The van der Waals surface area contributed by atoms with Crippen LogP contribution in [0.3, 0.4) is 0 Å². The third-order valence-corrected chi connectivity index (χ3v) is 6.06. The summed E-state index contributed by atoms with van der Waals surface area (Å²) in [4.78, 5) is 46.0. The first-order valence-corrected chi connectivity index (χ1v) is 14.3. The van der Waals surface area contributed by atoms with Crippen LogP contribution in [0.1, 0.15) is 52.0 Å². The van der Waals surface area contributed by atoms with E-state index in [9.17, 15) is 14.4 Å². The lowest BCUT2D eigenvalue weighted by Gasteiger charge is -2.11. The van der Waals surface area contributed by atoms with Crippen LogP contribution in [0.5, 0.6) is 23.0 Å². The third-order valence-electron chi connectivity index (χ3n) is 6.06. The molecule has 0 bridgehead atoms. The zero-order valence-electron chi connectivity index (χ0n) is 25.2. The van der Waals surface area contributed by atoms with Crippen molar-refractivity contribution in [3.8, 4) is 23.0 Å². The van der Waals surface area contributed by atoms with Gasteiger partial charge in [-0.3, -0.25) is 0 Å². The van der Waals surface area contributed by atoms with Crippen LogP contribution in [0.15, 0.2) is 98.0 Å². The molecule has 10 heteroatoms. The van der Waals surface area contributed by atoms with Gasteiger partial charge in [0.1, 0.15) is 23.0 Å². The van der Waals surface area contributed by atoms with Crippen molar-refractivity contribution in [2.75, 3.05) is 26.4 Å². The maximum atomic E-state index is 12.8. The van der Waals surface area contributed by atoms with Gasteiger partial charge in [-0.1, -0.05) is 18.9 Å². The van der Waals surface area contributed by atoms with Gasteiger partial charge in [0.05, 0.1) is 37.6 Å². The Morgan fingerprint density at radius 2 is 1.27 bits per heavy atom. The van der Waals surface area contributed by atoms with Crippen LogP contribution in [0, 0.1) is 6.92 Å². The molecule has 45 heavy (non-hydrogen) atoms. The molecule has 0 radical (unpaired) electrons. The molecule has 0 spiro atoms. The van der Waals surface area contributed by atoms with E-state index in [1.807, 2.05) is 0 Å². The molecule has 10 nitrogen and oxygen atoms in total. The second-order valence-electron chi connectivity index (χ2n) is 9.47. The number of benzene rings is 3. The number of ether oxygens (including phenoxy) is 5. The van der Waals surface area contributed by atoms with Crippen molar-refractivity contribution >= 4 is 17.9 Å². The number of aryl methyl sites for hydroxylation is 1. The second-order valence-corrected chi connectivity index (χ2v) is 9.47. The second kappa shape index (κ2) is 19.1. The van der Waals surface area contributed by atoms with Gasteiger partial charge in [0.25, 0.3) is 0 Å². The predicted molar refractivity (Wildman–Crippen MR) is 165 cm³/mol. The molecule has 0 saturated carbocycles. The predicted octanol–water partition coefficient (Wildman–Crippen LogP) is 6.73. The van der Waals surface area contributed by atoms with Crippen LogP contribution in [0.2, 0.25) is 0 Å². The number of hydrogen-bond acceptors (Lipinski definition) is 10. The van der Waals surface area contributed by atoms with Gasteiger partial charge in [-0.25, -0.2) is 14.4 Å². The lowest BCUT2D eigenvalue weighted by Crippen LogP contribution is -2.12. The molecule has 0 fully saturated rings. The zero-order valence-corrected chi connectivity index (χ0v) is 25.2. The molecule has 0 aromatic heterocycles. The Morgan fingerprint density at radius 3 is 1.89 bits per heavy atom. The van der Waals surface area contributed by atoms with E-state index in [4.69, 9.17) is 28.6 Å². The van der Waals surface area contributed by atoms with Gasteiger partial charge in [-0.05, 0) is 105 Å². The van der Waals surface area contributed by atoms with Gasteiger partial charge >= 0.3 is 17.9 Å². The van der Waals surface area contributed by atoms with E-state index in [-0.39, 0.29) is 0 Å². The summed E-state index contributed by atoms with van der Waals surface area (Å²) in [6, 6.07) is 18.0. The summed E-state index contributed by atoms with van der Waals surface area (Å²) in [5, 5.41) is 0. The number of unbranched alkanes of at least 4 members (excludes halogenated alkanes) is 2. The van der Waals surface area contributed by atoms with Crippen molar-refractivity contribution in [3.05, 3.63) is 115 Å². The first-order valence-electron chi connectivity index (χ1n) is 14.3. The Bertz CT molecular complexity index is 1450. The molecule has 0 N–H and O–H groups in total. The minimum absolute atomic E-state index is 0.292. The van der Waals surface area contributed by atoms with Crippen LogP contribution in [0.4, 0.5) is 0 Å². The van der Waals surface area contributed by atoms with E-state index in [2.05, 4.69) is 23.8 Å². The summed E-state index contributed by atoms with van der Waals surface area (Å²) in [6.45, 7) is 10.1. The van der Waals surface area contributed by atoms with Crippen LogP contribution in [-0.4, -0.2) is 44.3 Å². The zero-order chi connectivity index (χ0) is 32.3. The van der Waals surface area contributed by atoms with Gasteiger partial charge in [0, 0.05) is 6.08 Å². The molecular weight excluding hydrogens is 580 g/mol. The normalized spacial score (nSPS) is 10.2. The highest BCUT2D eigenvalue weighted by Gasteiger charge is 2.15. The SMILES string of the molecule is C=C=COOCCCCOc1ccc(OC(=O)c2ccc(OC(=O)c3ccc(OCCCCOC(=O)C=C)cc3)cc2C)cc1. The number of carbonyl (C=O) groups excluding carboxylic acids is 3. The summed E-state index contributed by atoms with van der Waals surface area (Å²) in [7, 11) is 0. The average Bonchev–Trinajstić information content (AvgIpc) is 3.04. The van der Waals surface area contributed by atoms with Gasteiger partial charge in [-0.2, -0.15) is 4.89 Å². The van der Waals surface area contributed by atoms with Crippen LogP contribution < -0.4 is 18.9 Å². The van der Waals surface area contributed by atoms with Crippen molar-refractivity contribution in [2.45, 2.75) is 32.6 Å². The number of carbonyl (C=O) groups is 3. The lowest BCUT2D eigenvalue weighted by molar-refractivity contribution is -0.249. The smallest absolute Gasteiger partial charge is 0.343 e. The maximum absolute atomic E-state index is 12.8. The number of rotatable bonds is 19. The highest BCUT2D eigenvalue weighted by atomic mass is 17.2. The first-order chi connectivity index (χ1) is 21.9. The Morgan fingerprint density at radius 1 is 0.711 bits per heavy atom. The third kappa shape index (κ3) is 12.4. The van der Waals surface area contributed by atoms with Gasteiger partial charge in [0.2, 0.25) is 0 Å². The van der Waals surface area contributed by atoms with E-state index in [0.29, 0.717) is 79.0 Å². The van der Waals surface area contributed by atoms with Crippen molar-refractivity contribution in [1.29, 1.82) is 0 Å². The van der Waals surface area contributed by atoms with E-state index < -0.39 is 17.9 Å². The molecule has 0 aliphatic rings. The fourth-order valence-corrected chi connectivity index (χ4v) is 3.74. The quantitative estimate of drug-likeness (QED) is 0.0210. The standard InChI is InChI=1S/C35H36O10/c1-4-20-42-43-24-9-8-22-40-29-14-16-30(17-15-29)44-35(38)32-19-18-31(25-26(32)3)45-34(37)27-10-12-28(13-11-27)39-21-6-7-23-41-33(36)5-2/h5,10-20,25H,1-2,6-9,21-24H2,3H3. The van der Waals surface area contributed by atoms with Crippen molar-refractivity contribution in [3.63, 3.8) is 0 Å². The monoisotopic (exact) mass is 616 g/mol. The van der Waals surface area contributed by atoms with E-state index in [1.54, 1.807) is 67.6 Å². The highest BCUT2D eigenvalue weighted by molar-refractivity contribution is 5.94. The topological polar surface area (TPSA) is 116 Å². The first kappa shape index (κ1) is 34.2. The summed E-state index contributed by atoms with van der Waals surface area (Å²) in [5.74, 6) is 0.362. The Hall–Kier alpha value is -5.31. The molecule has 0 unspecified atom stereocenters. The van der Waals surface area contributed by atoms with Crippen molar-refractivity contribution < 1.29 is 47.8 Å². The number of hydrogen-bond donors (Lipinski definition) is 0.